The summed E-state index contributed by atoms with van der Waals surface area (Å²) in [6.07, 6.45) is 19.7. The Balaban J connectivity index is 0.939. The Morgan fingerprint density at radius 3 is 2.15 bits per heavy atom. The number of unbranched alkanes of at least 4 members (excludes halogenated alkanes) is 5. The summed E-state index contributed by atoms with van der Waals surface area (Å²) < 4.78 is 0. The highest BCUT2D eigenvalue weighted by molar-refractivity contribution is 5.76. The van der Waals surface area contributed by atoms with Crippen molar-refractivity contribution in [1.29, 1.82) is 0 Å². The number of aromatic nitrogens is 2. The van der Waals surface area contributed by atoms with Crippen molar-refractivity contribution in [2.45, 2.75) is 96.4 Å². The van der Waals surface area contributed by atoms with Crippen molar-refractivity contribution >= 4 is 5.91 Å². The van der Waals surface area contributed by atoms with Crippen LogP contribution in [0.2, 0.25) is 0 Å². The van der Waals surface area contributed by atoms with Gasteiger partial charge in [0.05, 0.1) is 11.4 Å². The second-order valence-electron chi connectivity index (χ2n) is 11.4. The Hall–Kier alpha value is -2.23. The zero-order valence-electron chi connectivity index (χ0n) is 20.8. The van der Waals surface area contributed by atoms with Crippen LogP contribution in [0.3, 0.4) is 0 Å². The lowest BCUT2D eigenvalue weighted by atomic mass is 9.54. The van der Waals surface area contributed by atoms with Gasteiger partial charge >= 0.3 is 0 Å². The number of nitrogens with one attached hydrogen (secondary N) is 1. The van der Waals surface area contributed by atoms with E-state index in [9.17, 15) is 4.79 Å². The molecule has 4 heteroatoms. The molecule has 4 fully saturated rings. The molecule has 2 heterocycles. The number of hydrogen-bond donors (Lipinski definition) is 1. The Morgan fingerprint density at radius 2 is 1.44 bits per heavy atom. The van der Waals surface area contributed by atoms with Crippen LogP contribution in [0.4, 0.5) is 0 Å². The number of hydrogen-bond acceptors (Lipinski definition) is 3. The third-order valence-electron chi connectivity index (χ3n) is 8.68. The van der Waals surface area contributed by atoms with Gasteiger partial charge in [0.15, 0.2) is 0 Å². The molecule has 0 spiro atoms. The van der Waals surface area contributed by atoms with Gasteiger partial charge in [-0.15, -0.1) is 0 Å². The van der Waals surface area contributed by atoms with E-state index in [2.05, 4.69) is 40.4 Å². The lowest BCUT2D eigenvalue weighted by Crippen LogP contribution is -2.55. The maximum absolute atomic E-state index is 12.6. The van der Waals surface area contributed by atoms with E-state index >= 15 is 0 Å². The monoisotopic (exact) mass is 459 g/mol. The van der Waals surface area contributed by atoms with Gasteiger partial charge in [0, 0.05) is 24.9 Å². The molecule has 1 amide bonds. The van der Waals surface area contributed by atoms with Crippen LogP contribution in [-0.4, -0.2) is 21.9 Å². The first-order valence-electron chi connectivity index (χ1n) is 13.8. The third-order valence-corrected chi connectivity index (χ3v) is 8.68. The lowest BCUT2D eigenvalue weighted by Gasteiger charge is -2.54. The number of nitrogens with zero attached hydrogens (tertiary/aromatic N) is 2. The first-order valence-corrected chi connectivity index (χ1v) is 13.8. The van der Waals surface area contributed by atoms with Crippen molar-refractivity contribution in [2.75, 3.05) is 0 Å². The molecule has 6 rings (SSSR count). The van der Waals surface area contributed by atoms with Crippen LogP contribution < -0.4 is 5.32 Å². The molecule has 4 aliphatic rings. The SMILES string of the molecule is Cc1ccnc(-c2cc(CCCCCCCCC(=O)NC3C4CC5CC(C4)CC3C5)ccn2)c1. The molecule has 2 aromatic heterocycles. The molecule has 2 aromatic rings. The van der Waals surface area contributed by atoms with Gasteiger partial charge < -0.3 is 5.32 Å². The van der Waals surface area contributed by atoms with E-state index in [1.807, 2.05) is 18.5 Å². The fourth-order valence-electron chi connectivity index (χ4n) is 7.19. The molecule has 0 saturated heterocycles. The van der Waals surface area contributed by atoms with Gasteiger partial charge in [0.2, 0.25) is 5.91 Å². The topological polar surface area (TPSA) is 54.9 Å². The number of carbonyl (C=O) groups is 1. The van der Waals surface area contributed by atoms with E-state index < -0.39 is 0 Å². The maximum Gasteiger partial charge on any atom is 0.220 e. The van der Waals surface area contributed by atoms with E-state index in [0.29, 0.717) is 11.9 Å². The number of rotatable bonds is 11. The molecule has 1 N–H and O–H groups in total. The minimum Gasteiger partial charge on any atom is -0.353 e. The Labute approximate surface area is 205 Å². The molecule has 0 radical (unpaired) electrons. The molecule has 34 heavy (non-hydrogen) atoms. The molecule has 0 atom stereocenters. The molecule has 0 unspecified atom stereocenters. The summed E-state index contributed by atoms with van der Waals surface area (Å²) in [5.74, 6) is 3.83. The van der Waals surface area contributed by atoms with E-state index in [1.165, 1.54) is 75.3 Å². The van der Waals surface area contributed by atoms with Crippen LogP contribution in [0.25, 0.3) is 11.4 Å². The second-order valence-corrected chi connectivity index (χ2v) is 11.4. The van der Waals surface area contributed by atoms with Crippen LogP contribution >= 0.6 is 0 Å². The average molecular weight is 460 g/mol. The van der Waals surface area contributed by atoms with Crippen LogP contribution in [0.15, 0.2) is 36.7 Å². The molecule has 4 saturated carbocycles. The van der Waals surface area contributed by atoms with Crippen molar-refractivity contribution < 1.29 is 4.79 Å². The van der Waals surface area contributed by atoms with E-state index in [-0.39, 0.29) is 0 Å². The number of carbonyl (C=O) groups excluding carboxylic acids is 1. The van der Waals surface area contributed by atoms with Gasteiger partial charge in [-0.05, 0) is 117 Å². The minimum absolute atomic E-state index is 0.314. The Bertz CT molecular complexity index is 943. The summed E-state index contributed by atoms with van der Waals surface area (Å²) in [7, 11) is 0. The molecule has 182 valence electrons. The van der Waals surface area contributed by atoms with Crippen molar-refractivity contribution in [3.63, 3.8) is 0 Å². The van der Waals surface area contributed by atoms with Gasteiger partial charge in [-0.1, -0.05) is 25.7 Å². The van der Waals surface area contributed by atoms with Gasteiger partial charge in [0.1, 0.15) is 0 Å². The van der Waals surface area contributed by atoms with Crippen LogP contribution in [0, 0.1) is 30.6 Å². The van der Waals surface area contributed by atoms with E-state index in [4.69, 9.17) is 0 Å². The first-order chi connectivity index (χ1) is 16.6. The first kappa shape index (κ1) is 23.5. The highest BCUT2D eigenvalue weighted by Gasteiger charge is 2.48. The normalized spacial score (nSPS) is 27.1. The lowest BCUT2D eigenvalue weighted by molar-refractivity contribution is -0.125. The van der Waals surface area contributed by atoms with Gasteiger partial charge in [-0.25, -0.2) is 0 Å². The molecule has 0 aliphatic heterocycles. The minimum atomic E-state index is 0.314. The fraction of sp³-hybridized carbons (Fsp3) is 0.633. The Morgan fingerprint density at radius 1 is 0.824 bits per heavy atom. The van der Waals surface area contributed by atoms with E-state index in [1.54, 1.807) is 0 Å². The second kappa shape index (κ2) is 11.0. The third kappa shape index (κ3) is 5.87. The smallest absolute Gasteiger partial charge is 0.220 e. The molecule has 4 bridgehead atoms. The maximum atomic E-state index is 12.6. The van der Waals surface area contributed by atoms with Gasteiger partial charge in [-0.3, -0.25) is 14.8 Å². The van der Waals surface area contributed by atoms with Crippen LogP contribution in [0.5, 0.6) is 0 Å². The standard InChI is InChI=1S/C30H41N3O/c1-21-10-12-31-27(14-21)28-20-22(11-13-32-28)8-6-4-2-3-5-7-9-29(34)33-30-25-16-23-15-24(18-25)19-26(30)17-23/h10-14,20,23-26,30H,2-9,15-19H2,1H3,(H,33,34). The summed E-state index contributed by atoms with van der Waals surface area (Å²) in [4.78, 5) is 21.5. The predicted octanol–water partition coefficient (Wildman–Crippen LogP) is 6.67. The summed E-state index contributed by atoms with van der Waals surface area (Å²) in [5, 5.41) is 3.46. The number of aryl methyl sites for hydroxylation is 2. The average Bonchev–Trinajstić information content (AvgIpc) is 2.83. The zero-order chi connectivity index (χ0) is 23.3. The van der Waals surface area contributed by atoms with E-state index in [0.717, 1.165) is 54.3 Å². The molecule has 4 aliphatic carbocycles. The summed E-state index contributed by atoms with van der Waals surface area (Å²) in [6.45, 7) is 2.09. The Kier molecular flexibility index (Phi) is 7.61. The fourth-order valence-corrected chi connectivity index (χ4v) is 7.19. The van der Waals surface area contributed by atoms with Gasteiger partial charge in [0.25, 0.3) is 0 Å². The summed E-state index contributed by atoms with van der Waals surface area (Å²) in [5.41, 5.74) is 4.47. The van der Waals surface area contributed by atoms with Crippen LogP contribution in [-0.2, 0) is 11.2 Å². The van der Waals surface area contributed by atoms with Crippen LogP contribution in [0.1, 0.15) is 88.2 Å². The molecular weight excluding hydrogens is 418 g/mol. The summed E-state index contributed by atoms with van der Waals surface area (Å²) >= 11 is 0. The predicted molar refractivity (Wildman–Crippen MR) is 137 cm³/mol. The highest BCUT2D eigenvalue weighted by atomic mass is 16.1. The number of amides is 1. The molecule has 0 aromatic carbocycles. The molecular formula is C30H41N3O. The number of pyridine rings is 2. The summed E-state index contributed by atoms with van der Waals surface area (Å²) in [6, 6.07) is 8.92. The largest absolute Gasteiger partial charge is 0.353 e. The van der Waals surface area contributed by atoms with Crippen molar-refractivity contribution in [2.24, 2.45) is 23.7 Å². The van der Waals surface area contributed by atoms with Gasteiger partial charge in [-0.2, -0.15) is 0 Å². The zero-order valence-corrected chi connectivity index (χ0v) is 20.8. The molecule has 4 nitrogen and oxygen atoms in total. The highest BCUT2D eigenvalue weighted by Crippen LogP contribution is 2.53. The van der Waals surface area contributed by atoms with Crippen molar-refractivity contribution in [1.82, 2.24) is 15.3 Å². The quantitative estimate of drug-likeness (QED) is 0.382. The van der Waals surface area contributed by atoms with Crippen molar-refractivity contribution in [3.05, 3.63) is 47.8 Å². The van der Waals surface area contributed by atoms with Crippen molar-refractivity contribution in [3.8, 4) is 11.4 Å².